The van der Waals surface area contributed by atoms with E-state index in [4.69, 9.17) is 5.26 Å². The van der Waals surface area contributed by atoms with Gasteiger partial charge in [-0.3, -0.25) is 0 Å². The Kier molecular flexibility index (Phi) is 4.96. The molecule has 1 atom stereocenters. The van der Waals surface area contributed by atoms with Gasteiger partial charge in [0.2, 0.25) is 0 Å². The highest BCUT2D eigenvalue weighted by Crippen LogP contribution is 2.22. The molecular weight excluding hydrogens is 238 g/mol. The molecule has 19 heavy (non-hydrogen) atoms. The highest BCUT2D eigenvalue weighted by atomic mass is 15.2. The van der Waals surface area contributed by atoms with E-state index in [-0.39, 0.29) is 5.92 Å². The molecule has 1 aromatic rings. The summed E-state index contributed by atoms with van der Waals surface area (Å²) in [5.74, 6) is 1.92. The SMILES string of the molecule is CCCCNc1cc(N2CCCC(C#N)C2)ncn1. The Bertz CT molecular complexity index is 440. The second kappa shape index (κ2) is 6.93. The van der Waals surface area contributed by atoms with Crippen LogP contribution in [0.1, 0.15) is 32.6 Å². The van der Waals surface area contributed by atoms with Crippen LogP contribution >= 0.6 is 0 Å². The third-order valence-corrected chi connectivity index (χ3v) is 3.42. The molecular formula is C14H21N5. The number of piperidine rings is 1. The Morgan fingerprint density at radius 2 is 2.42 bits per heavy atom. The molecule has 1 N–H and O–H groups in total. The fourth-order valence-corrected chi connectivity index (χ4v) is 2.30. The van der Waals surface area contributed by atoms with Crippen LogP contribution < -0.4 is 10.2 Å². The van der Waals surface area contributed by atoms with Crippen molar-refractivity contribution in [3.8, 4) is 6.07 Å². The van der Waals surface area contributed by atoms with Crippen LogP contribution in [0.3, 0.4) is 0 Å². The highest BCUT2D eigenvalue weighted by Gasteiger charge is 2.20. The van der Waals surface area contributed by atoms with Crippen molar-refractivity contribution < 1.29 is 0 Å². The maximum absolute atomic E-state index is 9.03. The van der Waals surface area contributed by atoms with Gasteiger partial charge in [0, 0.05) is 25.7 Å². The summed E-state index contributed by atoms with van der Waals surface area (Å²) in [6, 6.07) is 4.34. The summed E-state index contributed by atoms with van der Waals surface area (Å²) in [6.45, 7) is 4.86. The van der Waals surface area contributed by atoms with Crippen LogP contribution in [-0.2, 0) is 0 Å². The second-order valence-electron chi connectivity index (χ2n) is 4.96. The van der Waals surface area contributed by atoms with Gasteiger partial charge in [-0.1, -0.05) is 13.3 Å². The first kappa shape index (κ1) is 13.6. The van der Waals surface area contributed by atoms with E-state index < -0.39 is 0 Å². The molecule has 1 saturated heterocycles. The van der Waals surface area contributed by atoms with E-state index in [0.717, 1.165) is 50.5 Å². The average Bonchev–Trinajstić information content (AvgIpc) is 2.48. The van der Waals surface area contributed by atoms with Crippen molar-refractivity contribution in [1.29, 1.82) is 5.26 Å². The number of aromatic nitrogens is 2. The van der Waals surface area contributed by atoms with Gasteiger partial charge in [0.15, 0.2) is 0 Å². The number of hydrogen-bond acceptors (Lipinski definition) is 5. The van der Waals surface area contributed by atoms with Crippen molar-refractivity contribution in [3.63, 3.8) is 0 Å². The molecule has 0 aliphatic carbocycles. The van der Waals surface area contributed by atoms with Crippen LogP contribution in [0.2, 0.25) is 0 Å². The van der Waals surface area contributed by atoms with Gasteiger partial charge in [-0.25, -0.2) is 9.97 Å². The lowest BCUT2D eigenvalue weighted by Crippen LogP contribution is -2.35. The van der Waals surface area contributed by atoms with Crippen LogP contribution in [0.15, 0.2) is 12.4 Å². The molecule has 5 nitrogen and oxygen atoms in total. The van der Waals surface area contributed by atoms with Crippen molar-refractivity contribution in [2.75, 3.05) is 29.9 Å². The number of nitrogens with zero attached hydrogens (tertiary/aromatic N) is 4. The molecule has 0 aromatic carbocycles. The summed E-state index contributed by atoms with van der Waals surface area (Å²) in [4.78, 5) is 10.7. The van der Waals surface area contributed by atoms with Gasteiger partial charge in [0.1, 0.15) is 18.0 Å². The molecule has 0 spiro atoms. The first-order valence-electron chi connectivity index (χ1n) is 7.04. The minimum atomic E-state index is 0.125. The maximum atomic E-state index is 9.03. The van der Waals surface area contributed by atoms with E-state index in [1.807, 2.05) is 6.07 Å². The van der Waals surface area contributed by atoms with Gasteiger partial charge >= 0.3 is 0 Å². The van der Waals surface area contributed by atoms with Crippen LogP contribution in [0.5, 0.6) is 0 Å². The standard InChI is InChI=1S/C14H21N5/c1-2-3-6-16-13-8-14(18-11-17-13)19-7-4-5-12(9-15)10-19/h8,11-12H,2-7,10H2,1H3,(H,16,17,18). The number of nitriles is 1. The van der Waals surface area contributed by atoms with E-state index in [0.29, 0.717) is 0 Å². The second-order valence-corrected chi connectivity index (χ2v) is 4.96. The van der Waals surface area contributed by atoms with Crippen LogP contribution in [0.4, 0.5) is 11.6 Å². The van der Waals surface area contributed by atoms with Gasteiger partial charge in [-0.15, -0.1) is 0 Å². The minimum absolute atomic E-state index is 0.125. The van der Waals surface area contributed by atoms with Gasteiger partial charge in [0.25, 0.3) is 0 Å². The summed E-state index contributed by atoms with van der Waals surface area (Å²) < 4.78 is 0. The van der Waals surface area contributed by atoms with Crippen molar-refractivity contribution in [2.45, 2.75) is 32.6 Å². The van der Waals surface area contributed by atoms with E-state index in [9.17, 15) is 0 Å². The Labute approximate surface area is 114 Å². The lowest BCUT2D eigenvalue weighted by molar-refractivity contribution is 0.490. The third kappa shape index (κ3) is 3.82. The Morgan fingerprint density at radius 1 is 1.53 bits per heavy atom. The van der Waals surface area contributed by atoms with Crippen LogP contribution in [-0.4, -0.2) is 29.6 Å². The van der Waals surface area contributed by atoms with Crippen molar-refractivity contribution in [1.82, 2.24) is 9.97 Å². The molecule has 1 aliphatic heterocycles. The average molecular weight is 259 g/mol. The number of hydrogen-bond donors (Lipinski definition) is 1. The molecule has 2 rings (SSSR count). The summed E-state index contributed by atoms with van der Waals surface area (Å²) in [5, 5.41) is 12.3. The lowest BCUT2D eigenvalue weighted by atomic mass is 10.00. The number of anilines is 2. The van der Waals surface area contributed by atoms with Crippen molar-refractivity contribution in [2.24, 2.45) is 5.92 Å². The fourth-order valence-electron chi connectivity index (χ4n) is 2.30. The minimum Gasteiger partial charge on any atom is -0.370 e. The van der Waals surface area contributed by atoms with E-state index in [2.05, 4.69) is 33.2 Å². The predicted molar refractivity (Wildman–Crippen MR) is 76.0 cm³/mol. The first-order valence-corrected chi connectivity index (χ1v) is 7.04. The number of rotatable bonds is 5. The first-order chi connectivity index (χ1) is 9.33. The molecule has 1 fully saturated rings. The van der Waals surface area contributed by atoms with Crippen LogP contribution in [0, 0.1) is 17.2 Å². The zero-order valence-electron chi connectivity index (χ0n) is 11.5. The van der Waals surface area contributed by atoms with Gasteiger partial charge in [-0.2, -0.15) is 5.26 Å². The van der Waals surface area contributed by atoms with Gasteiger partial charge in [0.05, 0.1) is 12.0 Å². The molecule has 1 aromatic heterocycles. The normalized spacial score (nSPS) is 18.9. The zero-order valence-corrected chi connectivity index (χ0v) is 11.5. The van der Waals surface area contributed by atoms with Gasteiger partial charge in [-0.05, 0) is 19.3 Å². The summed E-state index contributed by atoms with van der Waals surface area (Å²) in [7, 11) is 0. The largest absolute Gasteiger partial charge is 0.370 e. The van der Waals surface area contributed by atoms with E-state index >= 15 is 0 Å². The van der Waals surface area contributed by atoms with E-state index in [1.165, 1.54) is 6.42 Å². The predicted octanol–water partition coefficient (Wildman–Crippen LogP) is 2.43. The molecule has 1 aliphatic rings. The molecule has 0 amide bonds. The molecule has 0 radical (unpaired) electrons. The third-order valence-electron chi connectivity index (χ3n) is 3.42. The van der Waals surface area contributed by atoms with Crippen molar-refractivity contribution >= 4 is 11.6 Å². The monoisotopic (exact) mass is 259 g/mol. The molecule has 0 bridgehead atoms. The zero-order chi connectivity index (χ0) is 13.5. The maximum Gasteiger partial charge on any atom is 0.134 e. The van der Waals surface area contributed by atoms with Gasteiger partial charge < -0.3 is 10.2 Å². The smallest absolute Gasteiger partial charge is 0.134 e. The quantitative estimate of drug-likeness (QED) is 0.823. The Hall–Kier alpha value is -1.83. The molecule has 5 heteroatoms. The Morgan fingerprint density at radius 3 is 3.21 bits per heavy atom. The summed E-state index contributed by atoms with van der Waals surface area (Å²) >= 11 is 0. The Balaban J connectivity index is 1.99. The lowest BCUT2D eigenvalue weighted by Gasteiger charge is -2.30. The molecule has 1 unspecified atom stereocenters. The summed E-state index contributed by atoms with van der Waals surface area (Å²) in [5.41, 5.74) is 0. The van der Waals surface area contributed by atoms with Crippen molar-refractivity contribution in [3.05, 3.63) is 12.4 Å². The topological polar surface area (TPSA) is 64.8 Å². The number of nitrogens with one attached hydrogen (secondary N) is 1. The highest BCUT2D eigenvalue weighted by molar-refractivity contribution is 5.48. The molecule has 2 heterocycles. The number of unbranched alkanes of at least 4 members (excludes halogenated alkanes) is 1. The van der Waals surface area contributed by atoms with Crippen LogP contribution in [0.25, 0.3) is 0 Å². The van der Waals surface area contributed by atoms with E-state index in [1.54, 1.807) is 6.33 Å². The molecule has 102 valence electrons. The summed E-state index contributed by atoms with van der Waals surface area (Å²) in [6.07, 6.45) is 5.96. The molecule has 0 saturated carbocycles. The fraction of sp³-hybridized carbons (Fsp3) is 0.643.